The lowest BCUT2D eigenvalue weighted by Gasteiger charge is -2.52. The molecule has 0 bridgehead atoms. The van der Waals surface area contributed by atoms with Crippen LogP contribution in [0, 0.1) is 0 Å². The summed E-state index contributed by atoms with van der Waals surface area (Å²) in [5.41, 5.74) is 0.664. The molecule has 2 heteroatoms. The van der Waals surface area contributed by atoms with E-state index in [1.54, 1.807) is 0 Å². The molecule has 1 aliphatic rings. The van der Waals surface area contributed by atoms with Crippen molar-refractivity contribution in [3.05, 3.63) is 121 Å². The van der Waals surface area contributed by atoms with Gasteiger partial charge in [-0.1, -0.05) is 141 Å². The molecule has 34 heavy (non-hydrogen) atoms. The van der Waals surface area contributed by atoms with Crippen LogP contribution < -0.4 is 21.2 Å². The molecule has 0 N–H and O–H groups in total. The standard InChI is InChI=1S/C32H34P2/c1-2-32(34(29-21-11-5-12-22-29)30-23-13-6-14-24-30)26-16-15-25-31(32)33(27-17-7-3-8-18-27)28-19-9-4-10-20-28/h3-14,17-24,31H,2,15-16,25-26H2,1H3/t31?,32-/m1/s1. The van der Waals surface area contributed by atoms with Crippen LogP contribution in [0.25, 0.3) is 0 Å². The quantitative estimate of drug-likeness (QED) is 0.243. The van der Waals surface area contributed by atoms with Gasteiger partial charge in [-0.05, 0) is 62.0 Å². The van der Waals surface area contributed by atoms with Gasteiger partial charge in [0.15, 0.2) is 0 Å². The Morgan fingerprint density at radius 2 is 1.00 bits per heavy atom. The normalized spacial score (nSPS) is 20.5. The van der Waals surface area contributed by atoms with Crippen molar-refractivity contribution in [2.24, 2.45) is 0 Å². The zero-order valence-corrected chi connectivity index (χ0v) is 21.8. The maximum atomic E-state index is 2.48. The monoisotopic (exact) mass is 480 g/mol. The second-order valence-corrected chi connectivity index (χ2v) is 14.3. The number of rotatable bonds is 7. The van der Waals surface area contributed by atoms with E-state index in [0.29, 0.717) is 5.66 Å². The molecule has 0 saturated heterocycles. The predicted octanol–water partition coefficient (Wildman–Crippen LogP) is 7.34. The molecule has 0 aromatic heterocycles. The van der Waals surface area contributed by atoms with Gasteiger partial charge < -0.3 is 0 Å². The summed E-state index contributed by atoms with van der Waals surface area (Å²) in [5.74, 6) is 0. The van der Waals surface area contributed by atoms with Gasteiger partial charge in [-0.2, -0.15) is 0 Å². The van der Waals surface area contributed by atoms with E-state index < -0.39 is 15.8 Å². The van der Waals surface area contributed by atoms with Gasteiger partial charge in [0.25, 0.3) is 0 Å². The van der Waals surface area contributed by atoms with E-state index in [4.69, 9.17) is 0 Å². The Morgan fingerprint density at radius 1 is 0.588 bits per heavy atom. The third-order valence-corrected chi connectivity index (χ3v) is 14.1. The Morgan fingerprint density at radius 3 is 1.41 bits per heavy atom. The van der Waals surface area contributed by atoms with Crippen LogP contribution >= 0.6 is 15.8 Å². The van der Waals surface area contributed by atoms with Crippen LogP contribution in [-0.2, 0) is 0 Å². The highest BCUT2D eigenvalue weighted by atomic mass is 31.1. The first-order chi connectivity index (χ1) is 16.8. The molecule has 2 atom stereocenters. The third kappa shape index (κ3) is 4.64. The van der Waals surface area contributed by atoms with E-state index in [9.17, 15) is 0 Å². The van der Waals surface area contributed by atoms with Crippen LogP contribution in [0.5, 0.6) is 0 Å². The number of hydrogen-bond acceptors (Lipinski definition) is 0. The van der Waals surface area contributed by atoms with E-state index in [0.717, 1.165) is 0 Å². The maximum absolute atomic E-state index is 2.48. The first-order valence-electron chi connectivity index (χ1n) is 12.6. The van der Waals surface area contributed by atoms with Crippen molar-refractivity contribution in [1.29, 1.82) is 0 Å². The van der Waals surface area contributed by atoms with E-state index in [-0.39, 0.29) is 5.16 Å². The fourth-order valence-corrected chi connectivity index (χ4v) is 13.2. The molecule has 0 heterocycles. The Hall–Kier alpha value is -2.26. The summed E-state index contributed by atoms with van der Waals surface area (Å²) < 4.78 is 0. The topological polar surface area (TPSA) is 0 Å². The average Bonchev–Trinajstić information content (AvgIpc) is 2.92. The van der Waals surface area contributed by atoms with Gasteiger partial charge in [-0.3, -0.25) is 0 Å². The van der Waals surface area contributed by atoms with Gasteiger partial charge >= 0.3 is 0 Å². The highest BCUT2D eigenvalue weighted by molar-refractivity contribution is 7.78. The molecule has 1 unspecified atom stereocenters. The van der Waals surface area contributed by atoms with Crippen molar-refractivity contribution in [2.75, 3.05) is 0 Å². The summed E-state index contributed by atoms with van der Waals surface area (Å²) >= 11 is 0. The zero-order chi connectivity index (χ0) is 23.2. The molecule has 172 valence electrons. The fraction of sp³-hybridized carbons (Fsp3) is 0.250. The first kappa shape index (κ1) is 23.5. The van der Waals surface area contributed by atoms with Crippen molar-refractivity contribution >= 4 is 37.1 Å². The fourth-order valence-electron chi connectivity index (χ4n) is 5.91. The Labute approximate surface area is 208 Å². The van der Waals surface area contributed by atoms with Gasteiger partial charge in [-0.25, -0.2) is 0 Å². The lowest BCUT2D eigenvalue weighted by Crippen LogP contribution is -2.48. The zero-order valence-electron chi connectivity index (χ0n) is 20.1. The van der Waals surface area contributed by atoms with Crippen LogP contribution in [0.3, 0.4) is 0 Å². The second-order valence-electron chi connectivity index (χ2n) is 9.27. The lowest BCUT2D eigenvalue weighted by atomic mass is 9.85. The van der Waals surface area contributed by atoms with Crippen LogP contribution in [-0.4, -0.2) is 10.8 Å². The Bertz CT molecular complexity index is 1070. The molecule has 1 fully saturated rings. The highest BCUT2D eigenvalue weighted by Gasteiger charge is 2.49. The van der Waals surface area contributed by atoms with E-state index in [2.05, 4.69) is 128 Å². The molecule has 1 saturated carbocycles. The highest BCUT2D eigenvalue weighted by Crippen LogP contribution is 2.64. The third-order valence-electron chi connectivity index (χ3n) is 7.42. The average molecular weight is 481 g/mol. The van der Waals surface area contributed by atoms with Crippen LogP contribution in [0.1, 0.15) is 39.0 Å². The SMILES string of the molecule is CC[C@@]1(P(c2ccccc2)c2ccccc2)CCCCC1P(c1ccccc1)c1ccccc1. The smallest absolute Gasteiger partial charge is 0.00564 e. The van der Waals surface area contributed by atoms with E-state index >= 15 is 0 Å². The van der Waals surface area contributed by atoms with Crippen molar-refractivity contribution in [2.45, 2.75) is 49.8 Å². The van der Waals surface area contributed by atoms with Crippen LogP contribution in [0.2, 0.25) is 0 Å². The minimum Gasteiger partial charge on any atom is -0.0645 e. The van der Waals surface area contributed by atoms with Crippen molar-refractivity contribution in [1.82, 2.24) is 0 Å². The van der Waals surface area contributed by atoms with Gasteiger partial charge in [0, 0.05) is 5.16 Å². The number of hydrogen-bond donors (Lipinski definition) is 0. The Balaban J connectivity index is 1.71. The molecule has 4 aromatic rings. The minimum atomic E-state index is -0.490. The van der Waals surface area contributed by atoms with Gasteiger partial charge in [0.05, 0.1) is 0 Å². The first-order valence-corrected chi connectivity index (χ1v) is 15.4. The molecular formula is C32H34P2. The van der Waals surface area contributed by atoms with Crippen molar-refractivity contribution in [3.63, 3.8) is 0 Å². The summed E-state index contributed by atoms with van der Waals surface area (Å²) in [5, 5.41) is 6.42. The van der Waals surface area contributed by atoms with Gasteiger partial charge in [0.1, 0.15) is 0 Å². The van der Waals surface area contributed by atoms with Gasteiger partial charge in [-0.15, -0.1) is 0 Å². The number of benzene rings is 4. The predicted molar refractivity (Wildman–Crippen MR) is 153 cm³/mol. The summed E-state index contributed by atoms with van der Waals surface area (Å²) in [4.78, 5) is 0. The summed E-state index contributed by atoms with van der Waals surface area (Å²) in [7, 11) is -0.949. The molecule has 0 radical (unpaired) electrons. The molecule has 1 aliphatic carbocycles. The maximum Gasteiger partial charge on any atom is 0.00564 e. The van der Waals surface area contributed by atoms with E-state index in [1.807, 2.05) is 0 Å². The summed E-state index contributed by atoms with van der Waals surface area (Å²) in [6.45, 7) is 2.48. The van der Waals surface area contributed by atoms with Crippen molar-refractivity contribution in [3.8, 4) is 0 Å². The molecule has 4 aromatic carbocycles. The molecule has 5 rings (SSSR count). The van der Waals surface area contributed by atoms with E-state index in [1.165, 1.54) is 53.3 Å². The molecule has 0 amide bonds. The van der Waals surface area contributed by atoms with Gasteiger partial charge in [0.2, 0.25) is 0 Å². The largest absolute Gasteiger partial charge is 0.0645 e. The van der Waals surface area contributed by atoms with Crippen LogP contribution in [0.15, 0.2) is 121 Å². The summed E-state index contributed by atoms with van der Waals surface area (Å²) in [6, 6.07) is 45.7. The van der Waals surface area contributed by atoms with Crippen LogP contribution in [0.4, 0.5) is 0 Å². The summed E-state index contributed by atoms with van der Waals surface area (Å²) in [6.07, 6.45) is 6.56. The Kier molecular flexibility index (Phi) is 7.59. The van der Waals surface area contributed by atoms with Crippen molar-refractivity contribution < 1.29 is 0 Å². The molecule has 0 spiro atoms. The molecule has 0 nitrogen and oxygen atoms in total. The molecular weight excluding hydrogens is 446 g/mol. The minimum absolute atomic E-state index is 0.285. The lowest BCUT2D eigenvalue weighted by molar-refractivity contribution is 0.392. The molecule has 0 aliphatic heterocycles. The second kappa shape index (κ2) is 11.0.